The molecule has 43 heavy (non-hydrogen) atoms. The molecule has 0 bridgehead atoms. The van der Waals surface area contributed by atoms with Crippen LogP contribution in [0.3, 0.4) is 0 Å². The molecule has 2 unspecified atom stereocenters. The van der Waals surface area contributed by atoms with Crippen molar-refractivity contribution in [2.75, 3.05) is 26.4 Å². The molecule has 0 heterocycles. The van der Waals surface area contributed by atoms with Crippen LogP contribution >= 0.6 is 60.8 Å². The minimum Gasteiger partial charge on any atom is -0.394 e. The molecule has 16 N–H and O–H groups in total. The first-order chi connectivity index (χ1) is 18.5. The Kier molecular flexibility index (Phi) is 14.6. The zero-order chi connectivity index (χ0) is 35.1. The number of quaternary nitrogens is 1. The Labute approximate surface area is 238 Å². The Hall–Kier alpha value is 1.08. The number of hydrogen-bond donors (Lipinski definition) is 16. The molecule has 260 valence electrons. The van der Waals surface area contributed by atoms with Crippen molar-refractivity contribution in [3.8, 4) is 0 Å². The van der Waals surface area contributed by atoms with Gasteiger partial charge in [0.15, 0.2) is 0 Å². The molecule has 0 spiro atoms. The third-order valence-electron chi connectivity index (χ3n) is 4.74. The van der Waals surface area contributed by atoms with Gasteiger partial charge in [-0.3, -0.25) is 36.5 Å². The molecule has 27 nitrogen and oxygen atoms in total. The predicted octanol–water partition coefficient (Wildman–Crippen LogP) is -3.61. The molecular weight excluding hydrogens is 774 g/mol. The highest BCUT2D eigenvalue weighted by atomic mass is 31.3. The van der Waals surface area contributed by atoms with Crippen molar-refractivity contribution < 1.29 is 129 Å². The molecule has 0 aliphatic rings. The first-order valence-corrected chi connectivity index (χ1v) is 23.3. The van der Waals surface area contributed by atoms with Crippen LogP contribution < -0.4 is 0 Å². The first kappa shape index (κ1) is 44.1. The van der Waals surface area contributed by atoms with Crippen LogP contribution in [0.2, 0.25) is 0 Å². The second-order valence-corrected chi connectivity index (χ2v) is 23.3. The summed E-state index contributed by atoms with van der Waals surface area (Å²) in [4.78, 5) is 149. The lowest BCUT2D eigenvalue weighted by molar-refractivity contribution is -0.932. The number of rotatable bonds is 18. The monoisotopic (exact) mass is 802 g/mol. The molecular formula is C8H28NO26P8+. The minimum atomic E-state index is -7.49. The average molecular weight is 802 g/mol. The molecule has 0 aromatic heterocycles. The molecule has 0 aromatic rings. The van der Waals surface area contributed by atoms with Crippen LogP contribution in [0.1, 0.15) is 0 Å². The van der Waals surface area contributed by atoms with Gasteiger partial charge in [-0.1, -0.05) is 0 Å². The zero-order valence-corrected chi connectivity index (χ0v) is 27.6. The Morgan fingerprint density at radius 1 is 0.419 bits per heavy atom. The number of hydrogen-bond acceptors (Lipinski definition) is 11. The van der Waals surface area contributed by atoms with Crippen LogP contribution in [-0.2, 0) is 45.8 Å². The number of nitrogens with zero attached hydrogens (tertiary/aromatic N) is 1. The van der Waals surface area contributed by atoms with Crippen molar-refractivity contribution in [2.24, 2.45) is 0 Å². The van der Waals surface area contributed by atoms with Crippen LogP contribution in [0.15, 0.2) is 0 Å². The summed E-state index contributed by atoms with van der Waals surface area (Å²) in [6.07, 6.45) is 0. The third-order valence-corrected chi connectivity index (χ3v) is 20.5. The van der Waals surface area contributed by atoms with Crippen molar-refractivity contribution in [2.45, 2.75) is 22.1 Å². The van der Waals surface area contributed by atoms with Crippen LogP contribution in [0.25, 0.3) is 0 Å². The topological polar surface area (TPSA) is 479 Å². The van der Waals surface area contributed by atoms with Gasteiger partial charge in [0.1, 0.15) is 0 Å². The van der Waals surface area contributed by atoms with Gasteiger partial charge in [0, 0.05) is 0 Å². The van der Waals surface area contributed by atoms with Crippen LogP contribution in [0, 0.1) is 0 Å². The molecule has 0 amide bonds. The smallest absolute Gasteiger partial charge is 0.394 e. The molecule has 0 rings (SSSR count). The molecule has 0 aromatic carbocycles. The fourth-order valence-corrected chi connectivity index (χ4v) is 20.8. The van der Waals surface area contributed by atoms with E-state index in [2.05, 4.69) is 9.26 Å². The summed E-state index contributed by atoms with van der Waals surface area (Å²) in [6, 6.07) is 0. The van der Waals surface area contributed by atoms with Gasteiger partial charge in [-0.05, 0) is 0 Å². The van der Waals surface area contributed by atoms with Gasteiger partial charge < -0.3 is 87.8 Å². The van der Waals surface area contributed by atoms with Crippen LogP contribution in [-0.4, -0.2) is 132 Å². The lowest BCUT2D eigenvalue weighted by atomic mass is 10.7. The second-order valence-electron chi connectivity index (χ2n) is 8.14. The maximum absolute atomic E-state index is 13.3. The number of aliphatic hydroxyl groups is 1. The lowest BCUT2D eigenvalue weighted by Crippen LogP contribution is -2.69. The molecule has 2 atom stereocenters. The SMILES string of the molecule is O=P(O)(O)C([N+](C(P(=O)(O)O)P(=O)(O)O)(C(P(=O)(O)O)P(=O)(O)O)C(P(=O)(O)O)P(=O)(O)OCCOCCO)P(=O)(O)O. The zero-order valence-electron chi connectivity index (χ0n) is 20.4. The highest BCUT2D eigenvalue weighted by Gasteiger charge is 2.85. The van der Waals surface area contributed by atoms with E-state index < -0.39 is 114 Å². The quantitative estimate of drug-likeness (QED) is 0.0361. The van der Waals surface area contributed by atoms with E-state index in [0.29, 0.717) is 0 Å². The lowest BCUT2D eigenvalue weighted by Gasteiger charge is -2.54. The van der Waals surface area contributed by atoms with E-state index >= 15 is 0 Å². The summed E-state index contributed by atoms with van der Waals surface area (Å²) in [7, 11) is -59.6. The summed E-state index contributed by atoms with van der Waals surface area (Å²) < 4.78 is 105. The minimum absolute atomic E-state index is 0.601. The highest BCUT2D eigenvalue weighted by Crippen LogP contribution is 2.84. The molecule has 0 fully saturated rings. The van der Waals surface area contributed by atoms with E-state index in [1.807, 2.05) is 0 Å². The fraction of sp³-hybridized carbons (Fsp3) is 1.00. The van der Waals surface area contributed by atoms with Crippen molar-refractivity contribution >= 4 is 60.8 Å². The van der Waals surface area contributed by atoms with Gasteiger partial charge in [-0.15, -0.1) is 0 Å². The van der Waals surface area contributed by atoms with Gasteiger partial charge in [0.2, 0.25) is 0 Å². The number of ether oxygens (including phenoxy) is 1. The van der Waals surface area contributed by atoms with E-state index in [4.69, 9.17) is 5.11 Å². The van der Waals surface area contributed by atoms with E-state index in [0.717, 1.165) is 0 Å². The van der Waals surface area contributed by atoms with Gasteiger partial charge in [0.25, 0.3) is 22.1 Å². The largest absolute Gasteiger partial charge is 0.398 e. The standard InChI is InChI=1S/C8H27NO26P8/c10-1-2-34-3-4-35-43(32,33)8(42(29,30)31)9(5(36(11,12)13)37(14,15)16,6(38(17,18)19)39(20,21)22)7(40(23,24)25)41(26,27)28/h5-8,10H,1-4H2,(H14-,11,12,13,14,15,16,17,18,19,20,21,22,23,24,25,26,27,28,29,30,31,32,33)/p+1. The van der Waals surface area contributed by atoms with E-state index in [9.17, 15) is 110 Å². The maximum atomic E-state index is 13.3. The van der Waals surface area contributed by atoms with Gasteiger partial charge in [0.05, 0.1) is 26.4 Å². The van der Waals surface area contributed by atoms with Crippen molar-refractivity contribution in [3.05, 3.63) is 0 Å². The second kappa shape index (κ2) is 14.3. The van der Waals surface area contributed by atoms with Gasteiger partial charge in [-0.25, -0.2) is 4.48 Å². The maximum Gasteiger partial charge on any atom is 0.398 e. The molecule has 0 aliphatic carbocycles. The molecule has 0 aliphatic heterocycles. The summed E-state index contributed by atoms with van der Waals surface area (Å²) in [6.45, 7) is -3.89. The summed E-state index contributed by atoms with van der Waals surface area (Å²) in [5.74, 6) is 0. The first-order valence-electron chi connectivity index (χ1n) is 9.92. The van der Waals surface area contributed by atoms with Gasteiger partial charge in [-0.2, -0.15) is 0 Å². The van der Waals surface area contributed by atoms with Crippen molar-refractivity contribution in [1.82, 2.24) is 0 Å². The van der Waals surface area contributed by atoms with E-state index in [1.54, 1.807) is 0 Å². The van der Waals surface area contributed by atoms with E-state index in [-0.39, 0.29) is 0 Å². The Balaban J connectivity index is 9.25. The predicted molar refractivity (Wildman–Crippen MR) is 133 cm³/mol. The Morgan fingerprint density at radius 2 is 0.674 bits per heavy atom. The molecule has 0 saturated heterocycles. The summed E-state index contributed by atoms with van der Waals surface area (Å²) in [5, 5.41) is 8.65. The normalized spacial score (nSPS) is 17.5. The Morgan fingerprint density at radius 3 is 0.884 bits per heavy atom. The highest BCUT2D eigenvalue weighted by molar-refractivity contribution is 7.75. The third kappa shape index (κ3) is 11.1. The fourth-order valence-electron chi connectivity index (χ4n) is 4.03. The van der Waals surface area contributed by atoms with Crippen LogP contribution in [0.5, 0.6) is 0 Å². The van der Waals surface area contributed by atoms with Gasteiger partial charge >= 0.3 is 60.8 Å². The average Bonchev–Trinajstić information content (AvgIpc) is 2.58. The van der Waals surface area contributed by atoms with Crippen molar-refractivity contribution in [3.63, 3.8) is 0 Å². The van der Waals surface area contributed by atoms with Crippen LogP contribution in [0.4, 0.5) is 0 Å². The molecule has 0 saturated carbocycles. The summed E-state index contributed by atoms with van der Waals surface area (Å²) >= 11 is 0. The van der Waals surface area contributed by atoms with Crippen molar-refractivity contribution in [1.29, 1.82) is 0 Å². The van der Waals surface area contributed by atoms with E-state index in [1.165, 1.54) is 0 Å². The molecule has 35 heteroatoms. The Bertz CT molecular complexity index is 1180. The molecule has 0 radical (unpaired) electrons. The summed E-state index contributed by atoms with van der Waals surface area (Å²) in [5.41, 5.74) is -20.5. The number of aliphatic hydroxyl groups excluding tert-OH is 1.